The van der Waals surface area contributed by atoms with Gasteiger partial charge in [-0.2, -0.15) is 4.98 Å². The molecule has 2 aromatic rings. The van der Waals surface area contributed by atoms with Crippen LogP contribution in [0.1, 0.15) is 17.4 Å². The predicted molar refractivity (Wildman–Crippen MR) is 70.6 cm³/mol. The number of hydrogen-bond acceptors (Lipinski definition) is 5. The summed E-state index contributed by atoms with van der Waals surface area (Å²) in [7, 11) is 2.69. The molecule has 0 spiro atoms. The predicted octanol–water partition coefficient (Wildman–Crippen LogP) is 2.51. The van der Waals surface area contributed by atoms with Crippen molar-refractivity contribution in [1.82, 2.24) is 9.97 Å². The fourth-order valence-corrected chi connectivity index (χ4v) is 1.85. The van der Waals surface area contributed by atoms with Crippen LogP contribution in [0.15, 0.2) is 18.3 Å². The monoisotopic (exact) mass is 316 g/mol. The molecule has 0 amide bonds. The van der Waals surface area contributed by atoms with E-state index < -0.39 is 17.7 Å². The Labute approximate surface area is 124 Å². The molecule has 21 heavy (non-hydrogen) atoms. The van der Waals surface area contributed by atoms with Gasteiger partial charge in [0.2, 0.25) is 11.8 Å². The first kappa shape index (κ1) is 15.4. The van der Waals surface area contributed by atoms with Crippen molar-refractivity contribution >= 4 is 11.6 Å². The second kappa shape index (κ2) is 6.19. The molecule has 0 saturated carbocycles. The van der Waals surface area contributed by atoms with Gasteiger partial charge in [-0.05, 0) is 12.1 Å². The normalized spacial score (nSPS) is 12.1. The maximum atomic E-state index is 13.8. The lowest BCUT2D eigenvalue weighted by atomic mass is 10.1. The molecule has 1 aromatic carbocycles. The third kappa shape index (κ3) is 3.03. The van der Waals surface area contributed by atoms with Crippen LogP contribution in [0.2, 0.25) is 5.02 Å². The number of benzene rings is 1. The number of aliphatic hydroxyl groups is 1. The molecule has 1 N–H and O–H groups in total. The van der Waals surface area contributed by atoms with E-state index in [1.54, 1.807) is 0 Å². The number of aliphatic hydroxyl groups excluding tert-OH is 1. The van der Waals surface area contributed by atoms with Crippen molar-refractivity contribution in [3.05, 3.63) is 46.2 Å². The first-order chi connectivity index (χ1) is 9.97. The number of ether oxygens (including phenoxy) is 2. The lowest BCUT2D eigenvalue weighted by Gasteiger charge is -2.15. The molecule has 8 heteroatoms. The summed E-state index contributed by atoms with van der Waals surface area (Å²) in [4.78, 5) is 7.82. The number of hydrogen-bond donors (Lipinski definition) is 1. The minimum Gasteiger partial charge on any atom is -0.480 e. The first-order valence-corrected chi connectivity index (χ1v) is 6.13. The maximum Gasteiger partial charge on any atom is 0.241 e. The topological polar surface area (TPSA) is 64.5 Å². The molecule has 1 atom stereocenters. The second-order valence-corrected chi connectivity index (χ2v) is 4.40. The van der Waals surface area contributed by atoms with Crippen LogP contribution in [-0.2, 0) is 0 Å². The van der Waals surface area contributed by atoms with Gasteiger partial charge in [0.15, 0.2) is 0 Å². The Bertz CT molecular complexity index is 670. The molecule has 1 aromatic heterocycles. The van der Waals surface area contributed by atoms with E-state index >= 15 is 0 Å². The summed E-state index contributed by atoms with van der Waals surface area (Å²) < 4.78 is 37.1. The molecule has 0 bridgehead atoms. The zero-order valence-electron chi connectivity index (χ0n) is 11.1. The van der Waals surface area contributed by atoms with E-state index in [1.807, 2.05) is 0 Å². The maximum absolute atomic E-state index is 13.8. The third-order valence-electron chi connectivity index (χ3n) is 2.74. The smallest absolute Gasteiger partial charge is 0.241 e. The molecular formula is C13H11ClF2N2O3. The van der Waals surface area contributed by atoms with Gasteiger partial charge >= 0.3 is 0 Å². The van der Waals surface area contributed by atoms with Gasteiger partial charge in [-0.25, -0.2) is 13.8 Å². The molecule has 0 aliphatic rings. The van der Waals surface area contributed by atoms with E-state index in [1.165, 1.54) is 20.4 Å². The summed E-state index contributed by atoms with van der Waals surface area (Å²) in [5, 5.41) is 9.81. The van der Waals surface area contributed by atoms with Gasteiger partial charge in [0.1, 0.15) is 23.4 Å². The van der Waals surface area contributed by atoms with Crippen LogP contribution in [0.4, 0.5) is 8.78 Å². The highest BCUT2D eigenvalue weighted by Gasteiger charge is 2.23. The van der Waals surface area contributed by atoms with Crippen LogP contribution in [0, 0.1) is 11.6 Å². The number of aromatic nitrogens is 2. The molecular weight excluding hydrogens is 306 g/mol. The van der Waals surface area contributed by atoms with Crippen LogP contribution in [0.25, 0.3) is 0 Å². The molecule has 0 fully saturated rings. The Hall–Kier alpha value is -1.99. The molecule has 0 aliphatic heterocycles. The zero-order chi connectivity index (χ0) is 15.6. The first-order valence-electron chi connectivity index (χ1n) is 5.75. The SMILES string of the molecule is COc1cnc(C(O)c2cc(F)c(Cl)cc2F)c(OC)n1. The summed E-state index contributed by atoms with van der Waals surface area (Å²) in [6, 6.07) is 1.58. The van der Waals surface area contributed by atoms with Crippen molar-refractivity contribution in [2.24, 2.45) is 0 Å². The van der Waals surface area contributed by atoms with Gasteiger partial charge in [0.05, 0.1) is 25.4 Å². The Morgan fingerprint density at radius 3 is 2.52 bits per heavy atom. The Kier molecular flexibility index (Phi) is 4.54. The number of methoxy groups -OCH3 is 2. The molecule has 0 saturated heterocycles. The average Bonchev–Trinajstić information content (AvgIpc) is 2.49. The molecule has 1 unspecified atom stereocenters. The van der Waals surface area contributed by atoms with Gasteiger partial charge in [0, 0.05) is 5.56 Å². The van der Waals surface area contributed by atoms with E-state index in [9.17, 15) is 13.9 Å². The van der Waals surface area contributed by atoms with Crippen molar-refractivity contribution in [3.63, 3.8) is 0 Å². The standard InChI is InChI=1S/C13H11ClF2N2O3/c1-20-10-5-17-11(13(18-10)21-2)12(19)6-3-9(16)7(14)4-8(6)15/h3-5,12,19H,1-2H3. The summed E-state index contributed by atoms with van der Waals surface area (Å²) in [5.41, 5.74) is -0.395. The highest BCUT2D eigenvalue weighted by atomic mass is 35.5. The van der Waals surface area contributed by atoms with Gasteiger partial charge < -0.3 is 14.6 Å². The largest absolute Gasteiger partial charge is 0.480 e. The van der Waals surface area contributed by atoms with Crippen molar-refractivity contribution in [2.75, 3.05) is 14.2 Å². The van der Waals surface area contributed by atoms with E-state index in [-0.39, 0.29) is 28.0 Å². The van der Waals surface area contributed by atoms with Crippen LogP contribution in [-0.4, -0.2) is 29.3 Å². The van der Waals surface area contributed by atoms with Crippen LogP contribution >= 0.6 is 11.6 Å². The number of nitrogens with zero attached hydrogens (tertiary/aromatic N) is 2. The highest BCUT2D eigenvalue weighted by Crippen LogP contribution is 2.31. The zero-order valence-corrected chi connectivity index (χ0v) is 11.9. The van der Waals surface area contributed by atoms with E-state index in [0.29, 0.717) is 0 Å². The van der Waals surface area contributed by atoms with Crippen molar-refractivity contribution < 1.29 is 23.4 Å². The van der Waals surface area contributed by atoms with Gasteiger partial charge in [-0.3, -0.25) is 0 Å². The van der Waals surface area contributed by atoms with Crippen LogP contribution in [0.3, 0.4) is 0 Å². The fraction of sp³-hybridized carbons (Fsp3) is 0.231. The molecule has 2 rings (SSSR count). The lowest BCUT2D eigenvalue weighted by molar-refractivity contribution is 0.201. The fourth-order valence-electron chi connectivity index (χ4n) is 1.70. The molecule has 112 valence electrons. The minimum absolute atomic E-state index is 0.0587. The molecule has 0 aliphatic carbocycles. The van der Waals surface area contributed by atoms with Gasteiger partial charge in [-0.15, -0.1) is 0 Å². The number of halogens is 3. The minimum atomic E-state index is -1.56. The third-order valence-corrected chi connectivity index (χ3v) is 3.03. The van der Waals surface area contributed by atoms with E-state index in [0.717, 1.165) is 12.1 Å². The summed E-state index contributed by atoms with van der Waals surface area (Å²) in [5.74, 6) is -1.62. The van der Waals surface area contributed by atoms with Crippen LogP contribution < -0.4 is 9.47 Å². The van der Waals surface area contributed by atoms with E-state index in [2.05, 4.69) is 9.97 Å². The summed E-state index contributed by atoms with van der Waals surface area (Å²) in [6.07, 6.45) is -0.337. The lowest BCUT2D eigenvalue weighted by Crippen LogP contribution is -2.09. The van der Waals surface area contributed by atoms with Crippen LogP contribution in [0.5, 0.6) is 11.8 Å². The van der Waals surface area contributed by atoms with Gasteiger partial charge in [0.25, 0.3) is 0 Å². The number of rotatable bonds is 4. The van der Waals surface area contributed by atoms with Crippen molar-refractivity contribution in [2.45, 2.75) is 6.10 Å². The Morgan fingerprint density at radius 2 is 1.90 bits per heavy atom. The molecule has 5 nitrogen and oxygen atoms in total. The van der Waals surface area contributed by atoms with Gasteiger partial charge in [-0.1, -0.05) is 11.6 Å². The van der Waals surface area contributed by atoms with Crippen molar-refractivity contribution in [3.8, 4) is 11.8 Å². The molecule has 1 heterocycles. The molecule has 0 radical (unpaired) electrons. The summed E-state index contributed by atoms with van der Waals surface area (Å²) in [6.45, 7) is 0. The second-order valence-electron chi connectivity index (χ2n) is 4.00. The quantitative estimate of drug-likeness (QED) is 0.878. The Morgan fingerprint density at radius 1 is 1.19 bits per heavy atom. The average molecular weight is 317 g/mol. The highest BCUT2D eigenvalue weighted by molar-refractivity contribution is 6.30. The van der Waals surface area contributed by atoms with E-state index in [4.69, 9.17) is 21.1 Å². The Balaban J connectivity index is 2.49. The van der Waals surface area contributed by atoms with Crippen molar-refractivity contribution in [1.29, 1.82) is 0 Å². The summed E-state index contributed by atoms with van der Waals surface area (Å²) >= 11 is 5.47.